The van der Waals surface area contributed by atoms with Crippen LogP contribution in [0.3, 0.4) is 0 Å². The number of carbonyl (C=O) groups is 1. The van der Waals surface area contributed by atoms with Crippen LogP contribution in [0.2, 0.25) is 0 Å². The molecule has 4 rings (SSSR count). The van der Waals surface area contributed by atoms with Crippen LogP contribution in [0.1, 0.15) is 24.0 Å². The molecule has 1 aromatic carbocycles. The van der Waals surface area contributed by atoms with Crippen molar-refractivity contribution in [2.75, 3.05) is 0 Å². The monoisotopic (exact) mass is 306 g/mol. The van der Waals surface area contributed by atoms with E-state index in [4.69, 9.17) is 4.63 Å². The van der Waals surface area contributed by atoms with Gasteiger partial charge in [0.15, 0.2) is 11.6 Å². The summed E-state index contributed by atoms with van der Waals surface area (Å²) >= 11 is 0. The molecule has 2 atom stereocenters. The van der Waals surface area contributed by atoms with Gasteiger partial charge in [-0.05, 0) is 21.9 Å². The average molecular weight is 306 g/mol. The summed E-state index contributed by atoms with van der Waals surface area (Å²) in [6.45, 7) is 1.40. The molecule has 1 aliphatic heterocycles. The fourth-order valence-electron chi connectivity index (χ4n) is 2.99. The van der Waals surface area contributed by atoms with Gasteiger partial charge in [0.25, 0.3) is 0 Å². The van der Waals surface area contributed by atoms with Crippen LogP contribution in [0.25, 0.3) is 11.0 Å². The van der Waals surface area contributed by atoms with Crippen LogP contribution in [0.4, 0.5) is 5.82 Å². The van der Waals surface area contributed by atoms with E-state index in [2.05, 4.69) is 31.6 Å². The lowest BCUT2D eigenvalue weighted by Crippen LogP contribution is -2.29. The molecule has 0 saturated carbocycles. The summed E-state index contributed by atoms with van der Waals surface area (Å²) in [6, 6.07) is 7.64. The molecular weight excluding hydrogens is 296 g/mol. The van der Waals surface area contributed by atoms with E-state index in [1.165, 1.54) is 6.92 Å². The number of rotatable bonds is 2. The second-order valence-corrected chi connectivity index (χ2v) is 5.29. The molecule has 8 heteroatoms. The summed E-state index contributed by atoms with van der Waals surface area (Å²) in [5.74, 6) is -0.895. The predicted molar refractivity (Wildman–Crippen MR) is 79.1 cm³/mol. The molecular formula is C15H10N6O2. The maximum absolute atomic E-state index is 11.9. The number of nitriles is 1. The predicted octanol–water partition coefficient (Wildman–Crippen LogP) is 1.89. The summed E-state index contributed by atoms with van der Waals surface area (Å²) < 4.78 is 4.81. The van der Waals surface area contributed by atoms with Gasteiger partial charge in [-0.15, -0.1) is 0 Å². The molecule has 23 heavy (non-hydrogen) atoms. The Morgan fingerprint density at radius 1 is 1.35 bits per heavy atom. The summed E-state index contributed by atoms with van der Waals surface area (Å²) in [6.07, 6.45) is 1.62. The third-order valence-electron chi connectivity index (χ3n) is 3.99. The van der Waals surface area contributed by atoms with Crippen molar-refractivity contribution in [3.8, 4) is 6.07 Å². The van der Waals surface area contributed by atoms with Crippen LogP contribution in [-0.2, 0) is 4.79 Å². The molecule has 0 radical (unpaired) electrons. The molecule has 8 nitrogen and oxygen atoms in total. The van der Waals surface area contributed by atoms with Gasteiger partial charge in [0, 0.05) is 18.4 Å². The molecule has 0 fully saturated rings. The fourth-order valence-corrected chi connectivity index (χ4v) is 2.99. The number of H-pyrrole nitrogens is 1. The number of hydrogen-bond acceptors (Lipinski definition) is 7. The lowest BCUT2D eigenvalue weighted by atomic mass is 9.77. The molecule has 0 saturated heterocycles. The maximum Gasteiger partial charge on any atom is 0.175 e. The number of aliphatic imine (C=N–C) groups is 1. The van der Waals surface area contributed by atoms with Crippen molar-refractivity contribution in [1.82, 2.24) is 20.5 Å². The van der Waals surface area contributed by atoms with Gasteiger partial charge in [0.05, 0.1) is 12.3 Å². The van der Waals surface area contributed by atoms with E-state index >= 15 is 0 Å². The molecule has 3 heterocycles. The minimum Gasteiger partial charge on any atom is -0.293 e. The Kier molecular flexibility index (Phi) is 2.81. The van der Waals surface area contributed by atoms with Gasteiger partial charge in [0.1, 0.15) is 22.7 Å². The highest BCUT2D eigenvalue weighted by Gasteiger charge is 2.38. The molecule has 3 aromatic rings. The van der Waals surface area contributed by atoms with Gasteiger partial charge in [-0.3, -0.25) is 9.89 Å². The van der Waals surface area contributed by atoms with Crippen LogP contribution in [0.15, 0.2) is 34.0 Å². The number of hydrogen-bond donors (Lipinski definition) is 1. The third-order valence-corrected chi connectivity index (χ3v) is 3.99. The Morgan fingerprint density at radius 3 is 3.00 bits per heavy atom. The first-order valence-electron chi connectivity index (χ1n) is 6.94. The normalized spacial score (nSPS) is 19.9. The Bertz CT molecular complexity index is 993. The van der Waals surface area contributed by atoms with Crippen molar-refractivity contribution in [2.45, 2.75) is 12.8 Å². The van der Waals surface area contributed by atoms with Gasteiger partial charge >= 0.3 is 0 Å². The molecule has 0 bridgehead atoms. The van der Waals surface area contributed by atoms with Crippen molar-refractivity contribution >= 4 is 28.3 Å². The molecule has 0 amide bonds. The van der Waals surface area contributed by atoms with E-state index in [1.54, 1.807) is 12.3 Å². The van der Waals surface area contributed by atoms with Crippen LogP contribution >= 0.6 is 0 Å². The van der Waals surface area contributed by atoms with E-state index in [-0.39, 0.29) is 11.5 Å². The number of nitrogens with zero attached hydrogens (tertiary/aromatic N) is 5. The number of fused-ring (bicyclic) bond motifs is 2. The SMILES string of the molecule is CC(=O)C1=Nc2[nH]ncc2C(c2cccc3nonc23)C1C#N. The highest BCUT2D eigenvalue weighted by molar-refractivity contribution is 6.41. The lowest BCUT2D eigenvalue weighted by molar-refractivity contribution is -0.111. The van der Waals surface area contributed by atoms with E-state index in [1.807, 2.05) is 12.1 Å². The van der Waals surface area contributed by atoms with Crippen LogP contribution in [0.5, 0.6) is 0 Å². The first-order chi connectivity index (χ1) is 11.2. The fraction of sp³-hybridized carbons (Fsp3) is 0.200. The third kappa shape index (κ3) is 1.87. The molecule has 2 aromatic heterocycles. The highest BCUT2D eigenvalue weighted by Crippen LogP contribution is 2.42. The van der Waals surface area contributed by atoms with E-state index < -0.39 is 11.8 Å². The molecule has 112 valence electrons. The van der Waals surface area contributed by atoms with Crippen molar-refractivity contribution in [1.29, 1.82) is 5.26 Å². The molecule has 1 N–H and O–H groups in total. The van der Waals surface area contributed by atoms with E-state index in [9.17, 15) is 10.1 Å². The zero-order chi connectivity index (χ0) is 16.0. The maximum atomic E-state index is 11.9. The van der Waals surface area contributed by atoms with Crippen molar-refractivity contribution in [3.05, 3.63) is 35.5 Å². The molecule has 1 aliphatic rings. The first-order valence-corrected chi connectivity index (χ1v) is 6.94. The minimum absolute atomic E-state index is 0.211. The van der Waals surface area contributed by atoms with Gasteiger partial charge in [-0.25, -0.2) is 9.62 Å². The second kappa shape index (κ2) is 4.84. The Hall–Kier alpha value is -3.34. The minimum atomic E-state index is -0.722. The van der Waals surface area contributed by atoms with E-state index in [0.29, 0.717) is 16.9 Å². The van der Waals surface area contributed by atoms with Gasteiger partial charge < -0.3 is 0 Å². The number of aromatic amines is 1. The van der Waals surface area contributed by atoms with Gasteiger partial charge in [0.2, 0.25) is 0 Å². The zero-order valence-electron chi connectivity index (χ0n) is 12.0. The van der Waals surface area contributed by atoms with Gasteiger partial charge in [-0.1, -0.05) is 12.1 Å². The standard InChI is InChI=1S/C15H10N6O2/c1-7(22)13-9(5-16)12(10-6-17-19-15(10)18-13)8-3-2-4-11-14(8)21-23-20-11/h2-4,6,9,12H,1H3,(H,17,19). The zero-order valence-corrected chi connectivity index (χ0v) is 12.0. The average Bonchev–Trinajstić information content (AvgIpc) is 3.20. The Labute approximate surface area is 129 Å². The lowest BCUT2D eigenvalue weighted by Gasteiger charge is -2.26. The van der Waals surface area contributed by atoms with Crippen molar-refractivity contribution in [3.63, 3.8) is 0 Å². The van der Waals surface area contributed by atoms with Crippen molar-refractivity contribution in [2.24, 2.45) is 10.9 Å². The molecule has 0 spiro atoms. The highest BCUT2D eigenvalue weighted by atomic mass is 16.6. The quantitative estimate of drug-likeness (QED) is 0.771. The smallest absolute Gasteiger partial charge is 0.175 e. The summed E-state index contributed by atoms with van der Waals surface area (Å²) in [4.78, 5) is 16.2. The van der Waals surface area contributed by atoms with Crippen LogP contribution in [-0.4, -0.2) is 32.0 Å². The summed E-state index contributed by atoms with van der Waals surface area (Å²) in [5.41, 5.74) is 2.87. The number of ketones is 1. The van der Waals surface area contributed by atoms with Crippen molar-refractivity contribution < 1.29 is 9.42 Å². The number of nitrogens with one attached hydrogen (secondary N) is 1. The molecule has 0 aliphatic carbocycles. The van der Waals surface area contributed by atoms with Crippen LogP contribution < -0.4 is 0 Å². The summed E-state index contributed by atoms with van der Waals surface area (Å²) in [5, 5.41) is 24.2. The topological polar surface area (TPSA) is 121 Å². The Morgan fingerprint density at radius 2 is 2.22 bits per heavy atom. The number of Topliss-reactive ketones (excluding diaryl/α,β-unsaturated/α-hetero) is 1. The van der Waals surface area contributed by atoms with E-state index in [0.717, 1.165) is 11.1 Å². The van der Waals surface area contributed by atoms with Crippen LogP contribution in [0, 0.1) is 17.2 Å². The number of carbonyl (C=O) groups excluding carboxylic acids is 1. The number of benzene rings is 1. The molecule has 2 unspecified atom stereocenters. The summed E-state index contributed by atoms with van der Waals surface area (Å²) in [7, 11) is 0. The number of aromatic nitrogens is 4. The first kappa shape index (κ1) is 13.3. The second-order valence-electron chi connectivity index (χ2n) is 5.29. The Balaban J connectivity index is 2.00. The van der Waals surface area contributed by atoms with Gasteiger partial charge in [-0.2, -0.15) is 10.4 Å². The largest absolute Gasteiger partial charge is 0.293 e.